The third-order valence-corrected chi connectivity index (χ3v) is 1.89. The van der Waals surface area contributed by atoms with Crippen LogP contribution >= 0.6 is 0 Å². The number of hydrogen-bond donors (Lipinski definition) is 1. The molecule has 5 nitrogen and oxygen atoms in total. The maximum atomic E-state index is 4.05. The third kappa shape index (κ3) is 2.40. The van der Waals surface area contributed by atoms with Gasteiger partial charge in [0.05, 0.1) is 6.21 Å². The smallest absolute Gasteiger partial charge is 0.154 e. The Morgan fingerprint density at radius 1 is 1.47 bits per heavy atom. The lowest BCUT2D eigenvalue weighted by atomic mass is 10.5. The van der Waals surface area contributed by atoms with Crippen molar-refractivity contribution in [3.8, 4) is 0 Å². The van der Waals surface area contributed by atoms with Crippen molar-refractivity contribution in [1.82, 2.24) is 14.5 Å². The number of aryl methyl sites for hydroxylation is 1. The fourth-order valence-electron chi connectivity index (χ4n) is 1.11. The van der Waals surface area contributed by atoms with Gasteiger partial charge >= 0.3 is 0 Å². The number of nitrogens with one attached hydrogen (secondary N) is 1. The van der Waals surface area contributed by atoms with Gasteiger partial charge in [0.15, 0.2) is 5.49 Å². The highest BCUT2D eigenvalue weighted by Crippen LogP contribution is 1.83. The number of pyridine rings is 1. The Bertz CT molecular complexity index is 507. The lowest BCUT2D eigenvalue weighted by Crippen LogP contribution is -2.15. The van der Waals surface area contributed by atoms with Gasteiger partial charge in [0.2, 0.25) is 0 Å². The molecule has 5 heteroatoms. The lowest BCUT2D eigenvalue weighted by molar-refractivity contribution is 0.816. The van der Waals surface area contributed by atoms with Crippen molar-refractivity contribution in [3.05, 3.63) is 48.1 Å². The standard InChI is InChI=1S/C10H11N5/c1-15-7-3-2-4-10(15)14-13-8-9-11-5-6-12-9/h2-8H,1H3,(H,11,12)/b13-8-,14-10-. The average Bonchev–Trinajstić information content (AvgIpc) is 2.74. The highest BCUT2D eigenvalue weighted by Gasteiger charge is 1.85. The molecule has 0 aliphatic rings. The molecule has 0 fully saturated rings. The van der Waals surface area contributed by atoms with E-state index in [-0.39, 0.29) is 0 Å². The summed E-state index contributed by atoms with van der Waals surface area (Å²) in [6, 6.07) is 5.75. The first kappa shape index (κ1) is 9.39. The van der Waals surface area contributed by atoms with Crippen molar-refractivity contribution in [2.45, 2.75) is 0 Å². The number of H-pyrrole nitrogens is 1. The van der Waals surface area contributed by atoms with Crippen LogP contribution in [0.25, 0.3) is 0 Å². The molecule has 0 amide bonds. The van der Waals surface area contributed by atoms with Crippen molar-refractivity contribution in [2.75, 3.05) is 0 Å². The number of aromatic nitrogens is 3. The average molecular weight is 201 g/mol. The van der Waals surface area contributed by atoms with Gasteiger partial charge in [-0.3, -0.25) is 0 Å². The summed E-state index contributed by atoms with van der Waals surface area (Å²) >= 11 is 0. The minimum Gasteiger partial charge on any atom is -0.344 e. The first-order valence-electron chi connectivity index (χ1n) is 4.54. The molecule has 0 spiro atoms. The van der Waals surface area contributed by atoms with Crippen LogP contribution in [-0.4, -0.2) is 20.7 Å². The van der Waals surface area contributed by atoms with E-state index in [9.17, 15) is 0 Å². The summed E-state index contributed by atoms with van der Waals surface area (Å²) in [4.78, 5) is 6.91. The van der Waals surface area contributed by atoms with Crippen LogP contribution in [0, 0.1) is 0 Å². The monoisotopic (exact) mass is 201 g/mol. The summed E-state index contributed by atoms with van der Waals surface area (Å²) in [7, 11) is 1.92. The number of rotatable bonds is 2. The lowest BCUT2D eigenvalue weighted by Gasteiger charge is -1.94. The molecule has 0 saturated carbocycles. The van der Waals surface area contributed by atoms with Crippen LogP contribution in [0.4, 0.5) is 0 Å². The molecule has 2 aromatic heterocycles. The Hall–Kier alpha value is -2.17. The van der Waals surface area contributed by atoms with Crippen LogP contribution in [-0.2, 0) is 7.05 Å². The van der Waals surface area contributed by atoms with Crippen molar-refractivity contribution in [3.63, 3.8) is 0 Å². The Balaban J connectivity index is 2.22. The highest BCUT2D eigenvalue weighted by molar-refractivity contribution is 5.73. The van der Waals surface area contributed by atoms with E-state index in [2.05, 4.69) is 20.2 Å². The van der Waals surface area contributed by atoms with Crippen LogP contribution in [0.3, 0.4) is 0 Å². The Kier molecular flexibility index (Phi) is 2.73. The van der Waals surface area contributed by atoms with Gasteiger partial charge in [-0.2, -0.15) is 5.10 Å². The van der Waals surface area contributed by atoms with Gasteiger partial charge in [0.1, 0.15) is 5.82 Å². The molecule has 0 aliphatic carbocycles. The normalized spacial score (nSPS) is 12.5. The fraction of sp³-hybridized carbons (Fsp3) is 0.100. The third-order valence-electron chi connectivity index (χ3n) is 1.89. The zero-order valence-electron chi connectivity index (χ0n) is 8.33. The maximum Gasteiger partial charge on any atom is 0.154 e. The van der Waals surface area contributed by atoms with Crippen LogP contribution < -0.4 is 5.49 Å². The number of imidazole rings is 1. The predicted octanol–water partition coefficient (Wildman–Crippen LogP) is 0.683. The molecule has 0 aromatic carbocycles. The second kappa shape index (κ2) is 4.36. The van der Waals surface area contributed by atoms with E-state index in [1.54, 1.807) is 18.6 Å². The van der Waals surface area contributed by atoms with Gasteiger partial charge in [-0.25, -0.2) is 4.98 Å². The first-order valence-corrected chi connectivity index (χ1v) is 4.54. The molecule has 0 bridgehead atoms. The quantitative estimate of drug-likeness (QED) is 0.564. The van der Waals surface area contributed by atoms with E-state index in [1.807, 2.05) is 36.0 Å². The highest BCUT2D eigenvalue weighted by atomic mass is 15.2. The Labute approximate surface area is 86.8 Å². The molecule has 1 N–H and O–H groups in total. The van der Waals surface area contributed by atoms with Crippen LogP contribution in [0.5, 0.6) is 0 Å². The van der Waals surface area contributed by atoms with Crippen LogP contribution in [0.1, 0.15) is 5.82 Å². The maximum absolute atomic E-state index is 4.05. The Morgan fingerprint density at radius 2 is 2.40 bits per heavy atom. The summed E-state index contributed by atoms with van der Waals surface area (Å²) in [6.45, 7) is 0. The van der Waals surface area contributed by atoms with Gasteiger partial charge < -0.3 is 9.55 Å². The predicted molar refractivity (Wildman–Crippen MR) is 57.2 cm³/mol. The molecule has 76 valence electrons. The molecule has 2 aromatic rings. The zero-order valence-corrected chi connectivity index (χ0v) is 8.33. The SMILES string of the molecule is Cn1cccc/c1=N/N=C\c1ncc[nH]1. The van der Waals surface area contributed by atoms with E-state index in [4.69, 9.17) is 0 Å². The molecule has 0 atom stereocenters. The van der Waals surface area contributed by atoms with E-state index in [0.717, 1.165) is 5.49 Å². The fourth-order valence-corrected chi connectivity index (χ4v) is 1.11. The minimum absolute atomic E-state index is 0.692. The number of hydrogen-bond acceptors (Lipinski definition) is 3. The molecule has 2 heterocycles. The van der Waals surface area contributed by atoms with Gasteiger partial charge in [-0.1, -0.05) is 6.07 Å². The van der Waals surface area contributed by atoms with Gasteiger partial charge in [0, 0.05) is 25.6 Å². The van der Waals surface area contributed by atoms with E-state index < -0.39 is 0 Å². The molecule has 2 rings (SSSR count). The van der Waals surface area contributed by atoms with Crippen molar-refractivity contribution in [2.24, 2.45) is 17.3 Å². The van der Waals surface area contributed by atoms with Gasteiger partial charge in [-0.15, -0.1) is 5.10 Å². The van der Waals surface area contributed by atoms with Crippen LogP contribution in [0.15, 0.2) is 47.0 Å². The van der Waals surface area contributed by atoms with E-state index >= 15 is 0 Å². The minimum atomic E-state index is 0.692. The van der Waals surface area contributed by atoms with E-state index in [1.165, 1.54) is 0 Å². The van der Waals surface area contributed by atoms with Crippen molar-refractivity contribution < 1.29 is 0 Å². The van der Waals surface area contributed by atoms with E-state index in [0.29, 0.717) is 5.82 Å². The van der Waals surface area contributed by atoms with Gasteiger partial charge in [-0.05, 0) is 12.1 Å². The molecular weight excluding hydrogens is 190 g/mol. The molecule has 0 saturated heterocycles. The Morgan fingerprint density at radius 3 is 3.13 bits per heavy atom. The molecular formula is C10H11N5. The van der Waals surface area contributed by atoms with Crippen molar-refractivity contribution >= 4 is 6.21 Å². The number of aromatic amines is 1. The van der Waals surface area contributed by atoms with Crippen molar-refractivity contribution in [1.29, 1.82) is 0 Å². The second-order valence-corrected chi connectivity index (χ2v) is 2.99. The molecule has 15 heavy (non-hydrogen) atoms. The van der Waals surface area contributed by atoms with Crippen LogP contribution in [0.2, 0.25) is 0 Å². The molecule has 0 unspecified atom stereocenters. The zero-order chi connectivity index (χ0) is 10.5. The molecule has 0 aliphatic heterocycles. The number of nitrogens with zero attached hydrogens (tertiary/aromatic N) is 4. The first-order chi connectivity index (χ1) is 7.36. The summed E-state index contributed by atoms with van der Waals surface area (Å²) in [6.07, 6.45) is 6.90. The topological polar surface area (TPSA) is 58.3 Å². The molecule has 0 radical (unpaired) electrons. The summed E-state index contributed by atoms with van der Waals surface area (Å²) in [5.41, 5.74) is 0.792. The summed E-state index contributed by atoms with van der Waals surface area (Å²) < 4.78 is 1.89. The largest absolute Gasteiger partial charge is 0.344 e. The summed E-state index contributed by atoms with van der Waals surface area (Å²) in [5, 5.41) is 7.98. The van der Waals surface area contributed by atoms with Gasteiger partial charge in [0.25, 0.3) is 0 Å². The second-order valence-electron chi connectivity index (χ2n) is 2.99. The summed E-state index contributed by atoms with van der Waals surface area (Å²) in [5.74, 6) is 0.692.